The van der Waals surface area contributed by atoms with Gasteiger partial charge in [-0.2, -0.15) is 5.26 Å². The summed E-state index contributed by atoms with van der Waals surface area (Å²) in [7, 11) is 0. The molecule has 2 heterocycles. The highest BCUT2D eigenvalue weighted by atomic mass is 32.1. The zero-order valence-electron chi connectivity index (χ0n) is 11.1. The number of para-hydroxylation sites is 1. The van der Waals surface area contributed by atoms with Crippen LogP contribution in [-0.4, -0.2) is 9.97 Å². The van der Waals surface area contributed by atoms with E-state index in [1.807, 2.05) is 44.2 Å². The van der Waals surface area contributed by atoms with Crippen molar-refractivity contribution in [1.82, 2.24) is 9.97 Å². The molecule has 20 heavy (non-hydrogen) atoms. The van der Waals surface area contributed by atoms with Gasteiger partial charge in [-0.3, -0.25) is 0 Å². The zero-order valence-corrected chi connectivity index (χ0v) is 12.0. The Morgan fingerprint density at radius 1 is 1.20 bits per heavy atom. The lowest BCUT2D eigenvalue weighted by Gasteiger charge is -2.07. The van der Waals surface area contributed by atoms with Gasteiger partial charge in [0.05, 0.1) is 15.8 Å². The maximum atomic E-state index is 9.26. The second-order valence-electron chi connectivity index (χ2n) is 4.53. The first-order valence-electron chi connectivity index (χ1n) is 6.18. The van der Waals surface area contributed by atoms with E-state index in [2.05, 4.69) is 21.4 Å². The molecule has 2 aromatic heterocycles. The van der Waals surface area contributed by atoms with Crippen molar-refractivity contribution in [2.45, 2.75) is 13.8 Å². The quantitative estimate of drug-likeness (QED) is 0.772. The summed E-state index contributed by atoms with van der Waals surface area (Å²) in [6.07, 6.45) is 0. The molecule has 0 amide bonds. The lowest BCUT2D eigenvalue weighted by atomic mass is 10.1. The predicted octanol–water partition coefficient (Wildman–Crippen LogP) is 3.92. The minimum absolute atomic E-state index is 0.565. The van der Waals surface area contributed by atoms with Crippen LogP contribution in [0.2, 0.25) is 0 Å². The summed E-state index contributed by atoms with van der Waals surface area (Å²) in [4.78, 5) is 8.90. The fourth-order valence-electron chi connectivity index (χ4n) is 2.10. The first-order valence-corrected chi connectivity index (χ1v) is 7.00. The van der Waals surface area contributed by atoms with E-state index in [9.17, 15) is 5.26 Å². The van der Waals surface area contributed by atoms with Gasteiger partial charge >= 0.3 is 0 Å². The van der Waals surface area contributed by atoms with Gasteiger partial charge in [0.2, 0.25) is 0 Å². The molecule has 3 aromatic rings. The van der Waals surface area contributed by atoms with Crippen LogP contribution in [0.15, 0.2) is 30.3 Å². The number of hydrogen-bond donors (Lipinski definition) is 1. The van der Waals surface area contributed by atoms with Crippen LogP contribution in [0.4, 0.5) is 10.9 Å². The van der Waals surface area contributed by atoms with Gasteiger partial charge in [-0.15, -0.1) is 0 Å². The van der Waals surface area contributed by atoms with E-state index in [0.717, 1.165) is 26.6 Å². The molecule has 3 rings (SSSR count). The summed E-state index contributed by atoms with van der Waals surface area (Å²) in [5, 5.41) is 13.2. The monoisotopic (exact) mass is 280 g/mol. The minimum atomic E-state index is 0.565. The Morgan fingerprint density at radius 3 is 2.75 bits per heavy atom. The van der Waals surface area contributed by atoms with E-state index in [4.69, 9.17) is 0 Å². The molecule has 1 aromatic carbocycles. The van der Waals surface area contributed by atoms with Crippen molar-refractivity contribution in [2.24, 2.45) is 0 Å². The highest BCUT2D eigenvalue weighted by Crippen LogP contribution is 2.29. The number of aryl methyl sites for hydroxylation is 2. The van der Waals surface area contributed by atoms with Gasteiger partial charge in [-0.25, -0.2) is 9.97 Å². The van der Waals surface area contributed by atoms with Gasteiger partial charge in [-0.1, -0.05) is 23.5 Å². The summed E-state index contributed by atoms with van der Waals surface area (Å²) < 4.78 is 1.11. The Morgan fingerprint density at radius 2 is 2.00 bits per heavy atom. The number of pyridine rings is 1. The summed E-state index contributed by atoms with van der Waals surface area (Å²) >= 11 is 1.55. The molecule has 0 fully saturated rings. The maximum Gasteiger partial charge on any atom is 0.189 e. The summed E-state index contributed by atoms with van der Waals surface area (Å²) in [5.41, 5.74) is 3.31. The van der Waals surface area contributed by atoms with Crippen LogP contribution < -0.4 is 5.32 Å². The van der Waals surface area contributed by atoms with Crippen LogP contribution in [0.25, 0.3) is 10.2 Å². The number of nitrogens with one attached hydrogen (secondary N) is 1. The van der Waals surface area contributed by atoms with E-state index in [1.165, 1.54) is 0 Å². The molecule has 98 valence electrons. The molecule has 0 unspecified atom stereocenters. The fraction of sp³-hybridized carbons (Fsp3) is 0.133. The van der Waals surface area contributed by atoms with Gasteiger partial charge in [0.25, 0.3) is 0 Å². The Balaban J connectivity index is 2.05. The largest absolute Gasteiger partial charge is 0.315 e. The molecule has 0 saturated heterocycles. The normalized spacial score (nSPS) is 10.4. The maximum absolute atomic E-state index is 9.26. The molecule has 0 aliphatic carbocycles. The zero-order chi connectivity index (χ0) is 14.1. The van der Waals surface area contributed by atoms with Crippen molar-refractivity contribution >= 4 is 32.5 Å². The fourth-order valence-corrected chi connectivity index (χ4v) is 2.96. The van der Waals surface area contributed by atoms with Crippen LogP contribution in [-0.2, 0) is 0 Å². The van der Waals surface area contributed by atoms with Crippen LogP contribution in [0.3, 0.4) is 0 Å². The highest BCUT2D eigenvalue weighted by Gasteiger charge is 2.11. The Bertz CT molecular complexity index is 796. The minimum Gasteiger partial charge on any atom is -0.315 e. The van der Waals surface area contributed by atoms with E-state index >= 15 is 0 Å². The molecular weight excluding hydrogens is 268 g/mol. The Labute approximate surface area is 120 Å². The molecule has 1 N–H and O–H groups in total. The highest BCUT2D eigenvalue weighted by molar-refractivity contribution is 7.22. The van der Waals surface area contributed by atoms with Gasteiger partial charge in [0, 0.05) is 5.69 Å². The van der Waals surface area contributed by atoms with Crippen molar-refractivity contribution in [3.63, 3.8) is 0 Å². The number of thiazole rings is 1. The molecule has 0 bridgehead atoms. The van der Waals surface area contributed by atoms with Crippen molar-refractivity contribution in [3.8, 4) is 6.07 Å². The van der Waals surface area contributed by atoms with Gasteiger partial charge in [0.1, 0.15) is 6.07 Å². The van der Waals surface area contributed by atoms with Crippen LogP contribution in [0, 0.1) is 25.2 Å². The third kappa shape index (κ3) is 2.22. The van der Waals surface area contributed by atoms with Crippen LogP contribution >= 0.6 is 11.3 Å². The van der Waals surface area contributed by atoms with E-state index < -0.39 is 0 Å². The summed E-state index contributed by atoms with van der Waals surface area (Å²) in [5.74, 6) is 0.573. The molecule has 0 radical (unpaired) electrons. The average Bonchev–Trinajstić information content (AvgIpc) is 2.80. The SMILES string of the molecule is Cc1cc(C)c(C#N)c(Nc2nc3ccccc3s2)n1. The Kier molecular flexibility index (Phi) is 3.09. The lowest BCUT2D eigenvalue weighted by molar-refractivity contribution is 1.16. The molecule has 0 aliphatic heterocycles. The topological polar surface area (TPSA) is 61.6 Å². The number of aromatic nitrogens is 2. The summed E-state index contributed by atoms with van der Waals surface area (Å²) in [6.45, 7) is 3.83. The van der Waals surface area contributed by atoms with Gasteiger partial charge < -0.3 is 5.32 Å². The molecule has 0 saturated carbocycles. The Hall–Kier alpha value is -2.45. The van der Waals surface area contributed by atoms with E-state index in [1.54, 1.807) is 11.3 Å². The third-order valence-corrected chi connectivity index (χ3v) is 3.93. The van der Waals surface area contributed by atoms with Crippen molar-refractivity contribution < 1.29 is 0 Å². The van der Waals surface area contributed by atoms with Gasteiger partial charge in [-0.05, 0) is 37.6 Å². The number of hydrogen-bond acceptors (Lipinski definition) is 5. The summed E-state index contributed by atoms with van der Waals surface area (Å²) in [6, 6.07) is 12.0. The first-order chi connectivity index (χ1) is 9.67. The second-order valence-corrected chi connectivity index (χ2v) is 5.56. The van der Waals surface area contributed by atoms with Crippen molar-refractivity contribution in [2.75, 3.05) is 5.32 Å². The number of rotatable bonds is 2. The lowest BCUT2D eigenvalue weighted by Crippen LogP contribution is -2.00. The van der Waals surface area contributed by atoms with E-state index in [-0.39, 0.29) is 0 Å². The molecule has 4 nitrogen and oxygen atoms in total. The number of nitrogens with zero attached hydrogens (tertiary/aromatic N) is 3. The number of nitriles is 1. The van der Waals surface area contributed by atoms with E-state index in [0.29, 0.717) is 11.4 Å². The number of benzene rings is 1. The molecular formula is C15H12N4S. The standard InChI is InChI=1S/C15H12N4S/c1-9-7-10(2)17-14(11(9)8-16)19-15-18-12-5-3-4-6-13(12)20-15/h3-7H,1-2H3,(H,17,18,19). The van der Waals surface area contributed by atoms with Crippen LogP contribution in [0.5, 0.6) is 0 Å². The molecule has 0 aliphatic rings. The smallest absolute Gasteiger partial charge is 0.189 e. The van der Waals surface area contributed by atoms with Gasteiger partial charge in [0.15, 0.2) is 10.9 Å². The average molecular weight is 280 g/mol. The molecule has 0 atom stereocenters. The predicted molar refractivity (Wildman–Crippen MR) is 81.3 cm³/mol. The van der Waals surface area contributed by atoms with Crippen molar-refractivity contribution in [3.05, 3.63) is 47.2 Å². The second kappa shape index (κ2) is 4.91. The molecule has 5 heteroatoms. The van der Waals surface area contributed by atoms with Crippen LogP contribution in [0.1, 0.15) is 16.8 Å². The number of fused-ring (bicyclic) bond motifs is 1. The first kappa shape index (κ1) is 12.6. The van der Waals surface area contributed by atoms with Crippen molar-refractivity contribution in [1.29, 1.82) is 5.26 Å². The molecule has 0 spiro atoms. The number of anilines is 2. The third-order valence-electron chi connectivity index (χ3n) is 2.98.